The van der Waals surface area contributed by atoms with E-state index >= 15 is 0 Å². The molecule has 0 aliphatic carbocycles. The highest BCUT2D eigenvalue weighted by atomic mass is 16.5. The zero-order valence-corrected chi connectivity index (χ0v) is 15.2. The number of carbonyl (C=O) groups is 1. The third kappa shape index (κ3) is 4.97. The number of hydrazone groups is 1. The van der Waals surface area contributed by atoms with Crippen LogP contribution in [0.1, 0.15) is 12.5 Å². The second-order valence-electron chi connectivity index (χ2n) is 5.88. The Bertz CT molecular complexity index is 936. The molecule has 3 aromatic rings. The Kier molecular flexibility index (Phi) is 5.88. The molecule has 0 radical (unpaired) electrons. The van der Waals surface area contributed by atoms with Crippen molar-refractivity contribution in [2.45, 2.75) is 19.9 Å². The molecular formula is C19H20N6O2. The fourth-order valence-corrected chi connectivity index (χ4v) is 2.50. The predicted molar refractivity (Wildman–Crippen MR) is 101 cm³/mol. The number of nitrogens with one attached hydrogen (secondary N) is 1. The maximum absolute atomic E-state index is 12.1. The average molecular weight is 364 g/mol. The maximum Gasteiger partial charge on any atom is 0.263 e. The molecule has 1 N–H and O–H groups in total. The van der Waals surface area contributed by atoms with Gasteiger partial charge in [0.25, 0.3) is 5.91 Å². The molecule has 1 aromatic heterocycles. The molecule has 0 fully saturated rings. The lowest BCUT2D eigenvalue weighted by Crippen LogP contribution is -2.25. The highest BCUT2D eigenvalue weighted by Gasteiger charge is 2.09. The lowest BCUT2D eigenvalue weighted by atomic mass is 10.1. The third-order valence-corrected chi connectivity index (χ3v) is 3.78. The molecule has 0 saturated carbocycles. The topological polar surface area (TPSA) is 94.3 Å². The van der Waals surface area contributed by atoms with Crippen molar-refractivity contribution in [2.24, 2.45) is 5.10 Å². The van der Waals surface area contributed by atoms with Crippen molar-refractivity contribution in [3.8, 4) is 17.1 Å². The zero-order valence-electron chi connectivity index (χ0n) is 15.2. The van der Waals surface area contributed by atoms with Crippen LogP contribution < -0.4 is 10.2 Å². The van der Waals surface area contributed by atoms with Crippen LogP contribution in [0.2, 0.25) is 0 Å². The van der Waals surface area contributed by atoms with Crippen molar-refractivity contribution in [1.82, 2.24) is 25.6 Å². The SMILES string of the molecule is COc1ccccc1C/C(C)=N\NC(=O)Cn1nnc(-c2ccccc2)n1. The monoisotopic (exact) mass is 364 g/mol. The number of benzene rings is 2. The first-order valence-corrected chi connectivity index (χ1v) is 8.43. The number of ether oxygens (including phenoxy) is 1. The molecular weight excluding hydrogens is 344 g/mol. The van der Waals surface area contributed by atoms with E-state index in [1.807, 2.05) is 61.5 Å². The van der Waals surface area contributed by atoms with Gasteiger partial charge in [-0.25, -0.2) is 5.43 Å². The van der Waals surface area contributed by atoms with Gasteiger partial charge in [0.15, 0.2) is 0 Å². The Labute approximate surface area is 156 Å². The van der Waals surface area contributed by atoms with Crippen LogP contribution in [0.4, 0.5) is 0 Å². The molecule has 8 nitrogen and oxygen atoms in total. The van der Waals surface area contributed by atoms with Crippen molar-refractivity contribution in [1.29, 1.82) is 0 Å². The van der Waals surface area contributed by atoms with Gasteiger partial charge in [-0.05, 0) is 23.8 Å². The van der Waals surface area contributed by atoms with E-state index in [-0.39, 0.29) is 12.5 Å². The molecule has 1 heterocycles. The number of aromatic nitrogens is 4. The Balaban J connectivity index is 1.56. The molecule has 1 amide bonds. The molecule has 0 aliphatic rings. The van der Waals surface area contributed by atoms with Crippen LogP contribution in [0.5, 0.6) is 5.75 Å². The van der Waals surface area contributed by atoms with E-state index in [0.29, 0.717) is 12.2 Å². The fraction of sp³-hybridized carbons (Fsp3) is 0.211. The summed E-state index contributed by atoms with van der Waals surface area (Å²) in [5.41, 5.74) is 5.11. The quantitative estimate of drug-likeness (QED) is 0.512. The van der Waals surface area contributed by atoms with E-state index in [1.54, 1.807) is 7.11 Å². The van der Waals surface area contributed by atoms with Gasteiger partial charge in [0, 0.05) is 17.7 Å². The summed E-state index contributed by atoms with van der Waals surface area (Å²) in [7, 11) is 1.63. The van der Waals surface area contributed by atoms with Crippen LogP contribution in [-0.4, -0.2) is 38.9 Å². The van der Waals surface area contributed by atoms with Gasteiger partial charge in [0.1, 0.15) is 12.3 Å². The molecule has 0 bridgehead atoms. The first kappa shape index (κ1) is 18.2. The van der Waals surface area contributed by atoms with E-state index in [2.05, 4.69) is 25.9 Å². The van der Waals surface area contributed by atoms with Gasteiger partial charge in [-0.15, -0.1) is 10.2 Å². The summed E-state index contributed by atoms with van der Waals surface area (Å²) in [4.78, 5) is 13.3. The first-order valence-electron chi connectivity index (χ1n) is 8.43. The van der Waals surface area contributed by atoms with Gasteiger partial charge in [-0.1, -0.05) is 48.5 Å². The summed E-state index contributed by atoms with van der Waals surface area (Å²) < 4.78 is 5.32. The molecule has 0 aliphatic heterocycles. The highest BCUT2D eigenvalue weighted by Crippen LogP contribution is 2.18. The third-order valence-electron chi connectivity index (χ3n) is 3.78. The van der Waals surface area contributed by atoms with Crippen LogP contribution in [0.15, 0.2) is 59.7 Å². The fourth-order valence-electron chi connectivity index (χ4n) is 2.50. The molecule has 27 heavy (non-hydrogen) atoms. The summed E-state index contributed by atoms with van der Waals surface area (Å²) >= 11 is 0. The van der Waals surface area contributed by atoms with Gasteiger partial charge in [0.05, 0.1) is 7.11 Å². The maximum atomic E-state index is 12.1. The molecule has 8 heteroatoms. The minimum Gasteiger partial charge on any atom is -0.496 e. The molecule has 2 aromatic carbocycles. The summed E-state index contributed by atoms with van der Waals surface area (Å²) in [6.45, 7) is 1.78. The smallest absolute Gasteiger partial charge is 0.263 e. The van der Waals surface area contributed by atoms with Crippen molar-refractivity contribution >= 4 is 11.6 Å². The zero-order chi connectivity index (χ0) is 19.1. The standard InChI is InChI=1S/C19H20N6O2/c1-14(12-16-10-6-7-11-17(16)27-2)20-21-18(26)13-25-23-19(22-24-25)15-8-4-3-5-9-15/h3-11H,12-13H2,1-2H3,(H,21,26)/b20-14-. The number of amides is 1. The second-order valence-corrected chi connectivity index (χ2v) is 5.88. The second kappa shape index (κ2) is 8.70. The van der Waals surface area contributed by atoms with Crippen molar-refractivity contribution in [3.63, 3.8) is 0 Å². The highest BCUT2D eigenvalue weighted by molar-refractivity contribution is 5.86. The van der Waals surface area contributed by atoms with Crippen LogP contribution >= 0.6 is 0 Å². The number of hydrogen-bond acceptors (Lipinski definition) is 6. The Hall–Kier alpha value is -3.55. The molecule has 3 rings (SSSR count). The summed E-state index contributed by atoms with van der Waals surface area (Å²) in [5, 5.41) is 16.2. The van der Waals surface area contributed by atoms with E-state index in [0.717, 1.165) is 22.6 Å². The first-order chi connectivity index (χ1) is 13.2. The molecule has 0 unspecified atom stereocenters. The van der Waals surface area contributed by atoms with Crippen LogP contribution in [-0.2, 0) is 17.8 Å². The lowest BCUT2D eigenvalue weighted by molar-refractivity contribution is -0.122. The summed E-state index contributed by atoms with van der Waals surface area (Å²) in [6.07, 6.45) is 0.573. The van der Waals surface area contributed by atoms with E-state index in [1.165, 1.54) is 4.80 Å². The molecule has 0 atom stereocenters. The van der Waals surface area contributed by atoms with Gasteiger partial charge in [-0.2, -0.15) is 9.90 Å². The van der Waals surface area contributed by atoms with Crippen molar-refractivity contribution in [2.75, 3.05) is 7.11 Å². The van der Waals surface area contributed by atoms with Crippen molar-refractivity contribution < 1.29 is 9.53 Å². The summed E-state index contributed by atoms with van der Waals surface area (Å²) in [6, 6.07) is 17.2. The van der Waals surface area contributed by atoms with E-state index < -0.39 is 0 Å². The minimum atomic E-state index is -0.327. The Morgan fingerprint density at radius 1 is 1.15 bits per heavy atom. The van der Waals surface area contributed by atoms with Gasteiger partial charge in [-0.3, -0.25) is 4.79 Å². The van der Waals surface area contributed by atoms with Crippen LogP contribution in [0.25, 0.3) is 11.4 Å². The Morgan fingerprint density at radius 2 is 1.89 bits per heavy atom. The minimum absolute atomic E-state index is 0.0642. The van der Waals surface area contributed by atoms with Crippen LogP contribution in [0.3, 0.4) is 0 Å². The molecule has 138 valence electrons. The molecule has 0 spiro atoms. The number of hydrogen-bond donors (Lipinski definition) is 1. The van der Waals surface area contributed by atoms with Crippen molar-refractivity contribution in [3.05, 3.63) is 60.2 Å². The number of rotatable bonds is 7. The van der Waals surface area contributed by atoms with Crippen LogP contribution in [0, 0.1) is 0 Å². The average Bonchev–Trinajstić information content (AvgIpc) is 3.16. The number of methoxy groups -OCH3 is 1. The normalized spacial score (nSPS) is 11.3. The van der Waals surface area contributed by atoms with Gasteiger partial charge < -0.3 is 4.74 Å². The Morgan fingerprint density at radius 3 is 2.67 bits per heavy atom. The predicted octanol–water partition coefficient (Wildman–Crippen LogP) is 2.08. The largest absolute Gasteiger partial charge is 0.496 e. The number of carbonyl (C=O) groups excluding carboxylic acids is 1. The molecule has 0 saturated heterocycles. The number of nitrogens with zero attached hydrogens (tertiary/aromatic N) is 5. The van der Waals surface area contributed by atoms with Gasteiger partial charge >= 0.3 is 0 Å². The summed E-state index contributed by atoms with van der Waals surface area (Å²) in [5.74, 6) is 0.935. The van der Waals surface area contributed by atoms with Gasteiger partial charge in [0.2, 0.25) is 5.82 Å². The van der Waals surface area contributed by atoms with E-state index in [4.69, 9.17) is 4.74 Å². The van der Waals surface area contributed by atoms with E-state index in [9.17, 15) is 4.79 Å². The number of tetrazole rings is 1. The number of para-hydroxylation sites is 1. The lowest BCUT2D eigenvalue weighted by Gasteiger charge is -2.07.